The van der Waals surface area contributed by atoms with E-state index < -0.39 is 16.4 Å². The van der Waals surface area contributed by atoms with Crippen molar-refractivity contribution in [3.63, 3.8) is 0 Å². The van der Waals surface area contributed by atoms with E-state index in [9.17, 15) is 22.0 Å². The first kappa shape index (κ1) is 21.9. The zero-order valence-corrected chi connectivity index (χ0v) is 17.8. The molecule has 0 saturated heterocycles. The van der Waals surface area contributed by atoms with Crippen molar-refractivity contribution >= 4 is 15.7 Å². The Bertz CT molecular complexity index is 1230. The lowest BCUT2D eigenvalue weighted by atomic mass is 10.1. The van der Waals surface area contributed by atoms with E-state index in [1.54, 1.807) is 36.5 Å². The number of carbonyl (C=O) groups excluding carboxylic acids is 1. The molecule has 4 rings (SSSR count). The number of aromatic nitrogens is 3. The largest absolute Gasteiger partial charge is 0.435 e. The Morgan fingerprint density at radius 3 is 2.62 bits per heavy atom. The Morgan fingerprint density at radius 1 is 1.22 bits per heavy atom. The van der Waals surface area contributed by atoms with Gasteiger partial charge in [0.15, 0.2) is 9.84 Å². The molecule has 0 aliphatic heterocycles. The van der Waals surface area contributed by atoms with Gasteiger partial charge in [-0.3, -0.25) is 4.79 Å². The fourth-order valence-corrected chi connectivity index (χ4v) is 4.11. The molecule has 168 valence electrons. The van der Waals surface area contributed by atoms with Gasteiger partial charge >= 0.3 is 6.61 Å². The van der Waals surface area contributed by atoms with E-state index in [0.29, 0.717) is 23.4 Å². The second-order valence-corrected chi connectivity index (χ2v) is 9.52. The quantitative estimate of drug-likeness (QED) is 0.552. The lowest BCUT2D eigenvalue weighted by Gasteiger charge is -2.10. The minimum Gasteiger partial charge on any atom is -0.435 e. The summed E-state index contributed by atoms with van der Waals surface area (Å²) in [5.41, 5.74) is 1.74. The van der Waals surface area contributed by atoms with E-state index >= 15 is 0 Å². The number of sulfone groups is 1. The van der Waals surface area contributed by atoms with Gasteiger partial charge in [0.2, 0.25) is 5.91 Å². The molecule has 0 radical (unpaired) electrons. The molecule has 1 heterocycles. The van der Waals surface area contributed by atoms with E-state index in [4.69, 9.17) is 0 Å². The average molecular weight is 462 g/mol. The highest BCUT2D eigenvalue weighted by Crippen LogP contribution is 2.50. The van der Waals surface area contributed by atoms with E-state index in [1.165, 1.54) is 22.9 Å². The monoisotopic (exact) mass is 462 g/mol. The van der Waals surface area contributed by atoms with Crippen LogP contribution < -0.4 is 10.1 Å². The van der Waals surface area contributed by atoms with E-state index in [2.05, 4.69) is 20.4 Å². The fraction of sp³-hybridized carbons (Fsp3) is 0.286. The van der Waals surface area contributed by atoms with Gasteiger partial charge in [-0.05, 0) is 48.2 Å². The molecule has 1 aromatic heterocycles. The van der Waals surface area contributed by atoms with Crippen molar-refractivity contribution < 1.29 is 26.7 Å². The summed E-state index contributed by atoms with van der Waals surface area (Å²) in [6, 6.07) is 12.7. The van der Waals surface area contributed by atoms with Crippen LogP contribution in [0.5, 0.6) is 5.75 Å². The van der Waals surface area contributed by atoms with Crippen LogP contribution >= 0.6 is 0 Å². The number of ether oxygens (including phenoxy) is 1. The van der Waals surface area contributed by atoms with Gasteiger partial charge in [-0.15, -0.1) is 5.10 Å². The average Bonchev–Trinajstić information content (AvgIpc) is 3.40. The van der Waals surface area contributed by atoms with Crippen LogP contribution in [0.1, 0.15) is 23.6 Å². The normalized spacial score (nSPS) is 17.9. The molecular formula is C21H20F2N4O4S. The van der Waals surface area contributed by atoms with Crippen LogP contribution in [0.25, 0.3) is 5.69 Å². The zero-order chi connectivity index (χ0) is 22.9. The number of amides is 1. The summed E-state index contributed by atoms with van der Waals surface area (Å²) in [5.74, 6) is -0.605. The summed E-state index contributed by atoms with van der Waals surface area (Å²) >= 11 is 0. The van der Waals surface area contributed by atoms with Crippen molar-refractivity contribution in [2.24, 2.45) is 5.92 Å². The number of nitrogens with zero attached hydrogens (tertiary/aromatic N) is 3. The maximum absolute atomic E-state index is 12.6. The Hall–Kier alpha value is -3.34. The maximum atomic E-state index is 12.6. The van der Waals surface area contributed by atoms with Crippen molar-refractivity contribution in [2.45, 2.75) is 30.4 Å². The molecule has 1 aliphatic rings. The van der Waals surface area contributed by atoms with Gasteiger partial charge in [-0.2, -0.15) is 8.78 Å². The van der Waals surface area contributed by atoms with Crippen molar-refractivity contribution in [1.29, 1.82) is 0 Å². The summed E-state index contributed by atoms with van der Waals surface area (Å²) in [5, 5.41) is 10.8. The van der Waals surface area contributed by atoms with Crippen molar-refractivity contribution in [2.75, 3.05) is 6.26 Å². The summed E-state index contributed by atoms with van der Waals surface area (Å²) in [6.45, 7) is -2.77. The predicted octanol–water partition coefficient (Wildman–Crippen LogP) is 2.69. The van der Waals surface area contributed by atoms with Crippen LogP contribution in [-0.4, -0.2) is 42.2 Å². The first-order valence-electron chi connectivity index (χ1n) is 9.75. The van der Waals surface area contributed by atoms with Gasteiger partial charge in [0.1, 0.15) is 11.4 Å². The Morgan fingerprint density at radius 2 is 1.94 bits per heavy atom. The Labute approximate surface area is 183 Å². The number of benzene rings is 2. The lowest BCUT2D eigenvalue weighted by Crippen LogP contribution is -2.25. The summed E-state index contributed by atoms with van der Waals surface area (Å²) in [7, 11) is -3.29. The third kappa shape index (κ3) is 4.93. The number of alkyl halides is 2. The summed E-state index contributed by atoms with van der Waals surface area (Å²) < 4.78 is 54.4. The number of halogens is 2. The standard InChI is InChI=1S/C21H20F2N4O4S/c1-32(29,30)15-8-6-14(7-9-15)27-12-13(25-26-27)11-24-20(28)18-10-17(18)16-4-2-3-5-19(16)31-21(22)23/h2-9,12,17-18,21H,10-11H2,1H3,(H,24,28). The van der Waals surface area contributed by atoms with Crippen LogP contribution in [0.3, 0.4) is 0 Å². The number of rotatable bonds is 8. The van der Waals surface area contributed by atoms with Gasteiger partial charge in [0, 0.05) is 12.2 Å². The first-order chi connectivity index (χ1) is 15.2. The SMILES string of the molecule is CS(=O)(=O)c1ccc(-n2cc(CNC(=O)C3CC3c3ccccc3OC(F)F)nn2)cc1. The second kappa shape index (κ2) is 8.65. The number of nitrogens with one attached hydrogen (secondary N) is 1. The molecule has 1 amide bonds. The topological polar surface area (TPSA) is 103 Å². The molecule has 0 spiro atoms. The van der Waals surface area contributed by atoms with Crippen LogP contribution in [-0.2, 0) is 21.2 Å². The second-order valence-electron chi connectivity index (χ2n) is 7.50. The molecule has 1 fully saturated rings. The van der Waals surface area contributed by atoms with Crippen LogP contribution in [0, 0.1) is 5.92 Å². The van der Waals surface area contributed by atoms with Crippen molar-refractivity contribution in [3.8, 4) is 11.4 Å². The van der Waals surface area contributed by atoms with Crippen molar-refractivity contribution in [3.05, 3.63) is 66.0 Å². The molecular weight excluding hydrogens is 442 g/mol. The molecule has 32 heavy (non-hydrogen) atoms. The molecule has 2 unspecified atom stereocenters. The van der Waals surface area contributed by atoms with Gasteiger partial charge < -0.3 is 10.1 Å². The Kier molecular flexibility index (Phi) is 5.92. The van der Waals surface area contributed by atoms with Crippen LogP contribution in [0.2, 0.25) is 0 Å². The number of para-hydroxylation sites is 1. The van der Waals surface area contributed by atoms with E-state index in [0.717, 1.165) is 6.26 Å². The minimum absolute atomic E-state index is 0.0904. The number of carbonyl (C=O) groups is 1. The molecule has 8 nitrogen and oxygen atoms in total. The highest BCUT2D eigenvalue weighted by Gasteiger charge is 2.45. The third-order valence-electron chi connectivity index (χ3n) is 5.18. The molecule has 2 atom stereocenters. The molecule has 1 aliphatic carbocycles. The molecule has 11 heteroatoms. The maximum Gasteiger partial charge on any atom is 0.387 e. The summed E-state index contributed by atoms with van der Waals surface area (Å²) in [4.78, 5) is 12.7. The predicted molar refractivity (Wildman–Crippen MR) is 110 cm³/mol. The zero-order valence-electron chi connectivity index (χ0n) is 17.0. The summed E-state index contributed by atoms with van der Waals surface area (Å²) in [6.07, 6.45) is 3.31. The van der Waals surface area contributed by atoms with Gasteiger partial charge in [0.25, 0.3) is 0 Å². The lowest BCUT2D eigenvalue weighted by molar-refractivity contribution is -0.122. The first-order valence-corrected chi connectivity index (χ1v) is 11.6. The van der Waals surface area contributed by atoms with Crippen LogP contribution in [0.4, 0.5) is 8.78 Å². The van der Waals surface area contributed by atoms with Gasteiger partial charge in [-0.1, -0.05) is 23.4 Å². The molecule has 3 aromatic rings. The van der Waals surface area contributed by atoms with Crippen molar-refractivity contribution in [1.82, 2.24) is 20.3 Å². The van der Waals surface area contributed by atoms with E-state index in [-0.39, 0.29) is 34.9 Å². The molecule has 1 saturated carbocycles. The van der Waals surface area contributed by atoms with Crippen LogP contribution in [0.15, 0.2) is 59.6 Å². The van der Waals surface area contributed by atoms with E-state index in [1.807, 2.05) is 0 Å². The fourth-order valence-electron chi connectivity index (χ4n) is 3.48. The number of hydrogen-bond donors (Lipinski definition) is 1. The highest BCUT2D eigenvalue weighted by atomic mass is 32.2. The van der Waals surface area contributed by atoms with Gasteiger partial charge in [-0.25, -0.2) is 13.1 Å². The highest BCUT2D eigenvalue weighted by molar-refractivity contribution is 7.90. The molecule has 1 N–H and O–H groups in total. The molecule has 2 aromatic carbocycles. The number of hydrogen-bond acceptors (Lipinski definition) is 6. The Balaban J connectivity index is 1.35. The smallest absolute Gasteiger partial charge is 0.387 e. The van der Waals surface area contributed by atoms with Gasteiger partial charge in [0.05, 0.1) is 23.3 Å². The third-order valence-corrected chi connectivity index (χ3v) is 6.30. The molecule has 0 bridgehead atoms. The minimum atomic E-state index is -3.29.